The Morgan fingerprint density at radius 3 is 2.56 bits per heavy atom. The highest BCUT2D eigenvalue weighted by Crippen LogP contribution is 2.24. The summed E-state index contributed by atoms with van der Waals surface area (Å²) in [6.45, 7) is 4.14. The van der Waals surface area contributed by atoms with E-state index in [4.69, 9.17) is 4.42 Å². The minimum atomic E-state index is -0.0441. The molecule has 1 heterocycles. The van der Waals surface area contributed by atoms with Crippen LogP contribution >= 0.6 is 11.8 Å². The van der Waals surface area contributed by atoms with Gasteiger partial charge in [-0.3, -0.25) is 4.79 Å². The van der Waals surface area contributed by atoms with Gasteiger partial charge < -0.3 is 9.73 Å². The van der Waals surface area contributed by atoms with Gasteiger partial charge in [0, 0.05) is 5.56 Å². The van der Waals surface area contributed by atoms with Crippen LogP contribution in [0.4, 0.5) is 0 Å². The van der Waals surface area contributed by atoms with Crippen molar-refractivity contribution in [1.82, 2.24) is 15.5 Å². The fraction of sp³-hybridized carbons (Fsp3) is 0.286. The van der Waals surface area contributed by atoms with Crippen molar-refractivity contribution in [3.63, 3.8) is 0 Å². The molecule has 1 amide bonds. The lowest BCUT2D eigenvalue weighted by Crippen LogP contribution is -2.29. The first-order chi connectivity index (χ1) is 13.2. The van der Waals surface area contributed by atoms with Crippen LogP contribution in [0.1, 0.15) is 36.9 Å². The van der Waals surface area contributed by atoms with Crippen LogP contribution in [0.25, 0.3) is 11.5 Å². The first kappa shape index (κ1) is 19.2. The Labute approximate surface area is 163 Å². The number of thioether (sulfide) groups is 1. The van der Waals surface area contributed by atoms with Crippen molar-refractivity contribution in [2.45, 2.75) is 38.0 Å². The van der Waals surface area contributed by atoms with E-state index >= 15 is 0 Å². The average molecular weight is 382 g/mol. The SMILES string of the molecule is CCCC(NC(=O)CSc1nnc(-c2ccc(C)cc2)o1)c1ccccc1. The molecule has 0 bridgehead atoms. The van der Waals surface area contributed by atoms with Gasteiger partial charge in [0.1, 0.15) is 0 Å². The predicted octanol–water partition coefficient (Wildman–Crippen LogP) is 4.79. The van der Waals surface area contributed by atoms with Crippen molar-refractivity contribution >= 4 is 17.7 Å². The molecular weight excluding hydrogens is 358 g/mol. The minimum absolute atomic E-state index is 0.0232. The summed E-state index contributed by atoms with van der Waals surface area (Å²) < 4.78 is 5.66. The molecule has 0 saturated carbocycles. The molecule has 6 heteroatoms. The number of nitrogens with zero attached hydrogens (tertiary/aromatic N) is 2. The quantitative estimate of drug-likeness (QED) is 0.568. The van der Waals surface area contributed by atoms with E-state index in [9.17, 15) is 4.79 Å². The molecule has 1 unspecified atom stereocenters. The van der Waals surface area contributed by atoms with E-state index in [0.717, 1.165) is 24.0 Å². The highest BCUT2D eigenvalue weighted by molar-refractivity contribution is 7.99. The van der Waals surface area contributed by atoms with Crippen molar-refractivity contribution in [3.05, 3.63) is 65.7 Å². The zero-order chi connectivity index (χ0) is 19.1. The van der Waals surface area contributed by atoms with Gasteiger partial charge in [-0.15, -0.1) is 10.2 Å². The molecule has 5 nitrogen and oxygen atoms in total. The van der Waals surface area contributed by atoms with E-state index in [1.54, 1.807) is 0 Å². The van der Waals surface area contributed by atoms with Gasteiger partial charge in [0.15, 0.2) is 0 Å². The third-order valence-electron chi connectivity index (χ3n) is 4.15. The fourth-order valence-electron chi connectivity index (χ4n) is 2.74. The number of hydrogen-bond acceptors (Lipinski definition) is 5. The molecule has 3 rings (SSSR count). The number of rotatable bonds is 8. The molecule has 3 aromatic rings. The Hall–Kier alpha value is -2.60. The molecule has 27 heavy (non-hydrogen) atoms. The zero-order valence-electron chi connectivity index (χ0n) is 15.5. The van der Waals surface area contributed by atoms with Crippen LogP contribution in [0.15, 0.2) is 64.2 Å². The van der Waals surface area contributed by atoms with E-state index in [1.165, 1.54) is 17.3 Å². The second-order valence-electron chi connectivity index (χ2n) is 6.35. The second kappa shape index (κ2) is 9.37. The van der Waals surface area contributed by atoms with Crippen LogP contribution in [0, 0.1) is 6.92 Å². The number of carbonyl (C=O) groups excluding carboxylic acids is 1. The number of benzene rings is 2. The molecule has 0 saturated heterocycles. The summed E-state index contributed by atoms with van der Waals surface area (Å²) >= 11 is 1.25. The molecule has 0 radical (unpaired) electrons. The molecule has 0 spiro atoms. The van der Waals surface area contributed by atoms with E-state index in [0.29, 0.717) is 11.1 Å². The summed E-state index contributed by atoms with van der Waals surface area (Å²) in [6, 6.07) is 17.9. The van der Waals surface area contributed by atoms with Gasteiger partial charge in [0.25, 0.3) is 5.22 Å². The average Bonchev–Trinajstić information content (AvgIpc) is 3.16. The van der Waals surface area contributed by atoms with Crippen LogP contribution in [-0.4, -0.2) is 21.9 Å². The standard InChI is InChI=1S/C21H23N3O2S/c1-3-7-18(16-8-5-4-6-9-16)22-19(25)14-27-21-24-23-20(26-21)17-12-10-15(2)11-13-17/h4-6,8-13,18H,3,7,14H2,1-2H3,(H,22,25). The first-order valence-electron chi connectivity index (χ1n) is 9.03. The lowest BCUT2D eigenvalue weighted by molar-refractivity contribution is -0.119. The number of nitrogens with one attached hydrogen (secondary N) is 1. The van der Waals surface area contributed by atoms with Gasteiger partial charge in [0.2, 0.25) is 11.8 Å². The number of hydrogen-bond donors (Lipinski definition) is 1. The molecule has 0 fully saturated rings. The van der Waals surface area contributed by atoms with Gasteiger partial charge in [-0.2, -0.15) is 0 Å². The van der Waals surface area contributed by atoms with Gasteiger partial charge in [-0.25, -0.2) is 0 Å². The highest BCUT2D eigenvalue weighted by atomic mass is 32.2. The van der Waals surface area contributed by atoms with Crippen molar-refractivity contribution in [2.75, 3.05) is 5.75 Å². The lowest BCUT2D eigenvalue weighted by atomic mass is 10.0. The Bertz CT molecular complexity index is 863. The van der Waals surface area contributed by atoms with Crippen LogP contribution < -0.4 is 5.32 Å². The Morgan fingerprint density at radius 2 is 1.85 bits per heavy atom. The number of amides is 1. The highest BCUT2D eigenvalue weighted by Gasteiger charge is 2.15. The molecule has 0 aliphatic rings. The van der Waals surface area contributed by atoms with Gasteiger partial charge in [-0.05, 0) is 31.0 Å². The Balaban J connectivity index is 1.56. The summed E-state index contributed by atoms with van der Waals surface area (Å²) in [6.07, 6.45) is 1.90. The largest absolute Gasteiger partial charge is 0.411 e. The number of carbonyl (C=O) groups is 1. The van der Waals surface area contributed by atoms with Crippen LogP contribution in [-0.2, 0) is 4.79 Å². The van der Waals surface area contributed by atoms with Gasteiger partial charge in [0.05, 0.1) is 11.8 Å². The smallest absolute Gasteiger partial charge is 0.277 e. The van der Waals surface area contributed by atoms with E-state index in [2.05, 4.69) is 22.4 Å². The maximum atomic E-state index is 12.4. The lowest BCUT2D eigenvalue weighted by Gasteiger charge is -2.18. The van der Waals surface area contributed by atoms with Crippen LogP contribution in [0.3, 0.4) is 0 Å². The molecule has 1 atom stereocenters. The first-order valence-corrected chi connectivity index (χ1v) is 10.0. The summed E-state index contributed by atoms with van der Waals surface area (Å²) in [7, 11) is 0. The Kier molecular flexibility index (Phi) is 6.65. The molecule has 0 aliphatic heterocycles. The van der Waals surface area contributed by atoms with E-state index in [1.807, 2.05) is 61.5 Å². The molecular formula is C21H23N3O2S. The zero-order valence-corrected chi connectivity index (χ0v) is 16.3. The maximum absolute atomic E-state index is 12.4. The van der Waals surface area contributed by atoms with Gasteiger partial charge in [-0.1, -0.05) is 73.1 Å². The normalized spacial score (nSPS) is 11.9. The predicted molar refractivity (Wildman–Crippen MR) is 107 cm³/mol. The topological polar surface area (TPSA) is 68.0 Å². The van der Waals surface area contributed by atoms with Crippen molar-refractivity contribution in [1.29, 1.82) is 0 Å². The third kappa shape index (κ3) is 5.44. The minimum Gasteiger partial charge on any atom is -0.411 e. The van der Waals surface area contributed by atoms with E-state index in [-0.39, 0.29) is 17.7 Å². The summed E-state index contributed by atoms with van der Waals surface area (Å²) in [5, 5.41) is 11.6. The molecule has 140 valence electrons. The van der Waals surface area contributed by atoms with Crippen LogP contribution in [0.2, 0.25) is 0 Å². The Morgan fingerprint density at radius 1 is 1.11 bits per heavy atom. The summed E-state index contributed by atoms with van der Waals surface area (Å²) in [5.74, 6) is 0.659. The third-order valence-corrected chi connectivity index (χ3v) is 4.96. The van der Waals surface area contributed by atoms with Crippen LogP contribution in [0.5, 0.6) is 0 Å². The molecule has 1 N–H and O–H groups in total. The number of aryl methyl sites for hydroxylation is 1. The van der Waals surface area contributed by atoms with Crippen molar-refractivity contribution < 1.29 is 9.21 Å². The summed E-state index contributed by atoms with van der Waals surface area (Å²) in [4.78, 5) is 12.4. The maximum Gasteiger partial charge on any atom is 0.277 e. The molecule has 1 aromatic heterocycles. The van der Waals surface area contributed by atoms with Crippen molar-refractivity contribution in [3.8, 4) is 11.5 Å². The van der Waals surface area contributed by atoms with Gasteiger partial charge >= 0.3 is 0 Å². The number of aromatic nitrogens is 2. The van der Waals surface area contributed by atoms with Crippen molar-refractivity contribution in [2.24, 2.45) is 0 Å². The van der Waals surface area contributed by atoms with E-state index < -0.39 is 0 Å². The molecule has 0 aliphatic carbocycles. The monoisotopic (exact) mass is 381 g/mol. The summed E-state index contributed by atoms with van der Waals surface area (Å²) in [5.41, 5.74) is 3.17. The fourth-order valence-corrected chi connectivity index (χ4v) is 3.31. The molecule has 2 aromatic carbocycles. The second-order valence-corrected chi connectivity index (χ2v) is 7.27.